The Labute approximate surface area is 63.0 Å². The Hall–Kier alpha value is -1.12. The highest BCUT2D eigenvalue weighted by Crippen LogP contribution is 2.25. The molecule has 1 N–H and O–H groups in total. The van der Waals surface area contributed by atoms with E-state index in [1.54, 1.807) is 0 Å². The van der Waals surface area contributed by atoms with Crippen LogP contribution in [-0.4, -0.2) is 6.54 Å². The van der Waals surface area contributed by atoms with Crippen molar-refractivity contribution < 1.29 is 8.78 Å². The van der Waals surface area contributed by atoms with Crippen LogP contribution in [0, 0.1) is 11.6 Å². The third-order valence-corrected chi connectivity index (χ3v) is 1.83. The molecule has 3 heteroatoms. The lowest BCUT2D eigenvalue weighted by Gasteiger charge is -2.00. The third kappa shape index (κ3) is 0.964. The highest BCUT2D eigenvalue weighted by Gasteiger charge is 2.15. The van der Waals surface area contributed by atoms with Crippen molar-refractivity contribution in [1.82, 2.24) is 0 Å². The van der Waals surface area contributed by atoms with Gasteiger partial charge in [0, 0.05) is 12.6 Å². The van der Waals surface area contributed by atoms with Gasteiger partial charge in [-0.2, -0.15) is 0 Å². The summed E-state index contributed by atoms with van der Waals surface area (Å²) < 4.78 is 25.4. The minimum atomic E-state index is -0.495. The SMILES string of the molecule is Fc1cc(F)c2c(c1)CCN2. The van der Waals surface area contributed by atoms with E-state index >= 15 is 0 Å². The molecule has 0 spiro atoms. The molecule has 0 unspecified atom stereocenters. The van der Waals surface area contributed by atoms with E-state index in [9.17, 15) is 8.78 Å². The zero-order chi connectivity index (χ0) is 7.84. The van der Waals surface area contributed by atoms with Crippen LogP contribution >= 0.6 is 0 Å². The first kappa shape index (κ1) is 6.58. The van der Waals surface area contributed by atoms with Gasteiger partial charge < -0.3 is 5.32 Å². The number of hydrogen-bond donors (Lipinski definition) is 1. The number of anilines is 1. The van der Waals surface area contributed by atoms with Crippen molar-refractivity contribution in [3.05, 3.63) is 29.3 Å². The van der Waals surface area contributed by atoms with Crippen molar-refractivity contribution in [2.75, 3.05) is 11.9 Å². The molecule has 0 bridgehead atoms. The molecule has 0 radical (unpaired) electrons. The Kier molecular flexibility index (Phi) is 1.31. The molecular formula is C8H7F2N. The van der Waals surface area contributed by atoms with E-state index in [1.165, 1.54) is 6.07 Å². The Morgan fingerprint density at radius 2 is 2.09 bits per heavy atom. The second kappa shape index (κ2) is 2.19. The van der Waals surface area contributed by atoms with Crippen LogP contribution in [0.2, 0.25) is 0 Å². The van der Waals surface area contributed by atoms with Gasteiger partial charge in [0.1, 0.15) is 11.6 Å². The molecular weight excluding hydrogens is 148 g/mol. The second-order valence-electron chi connectivity index (χ2n) is 2.60. The summed E-state index contributed by atoms with van der Waals surface area (Å²) >= 11 is 0. The molecule has 0 amide bonds. The molecule has 1 aromatic carbocycles. The largest absolute Gasteiger partial charge is 0.382 e. The lowest BCUT2D eigenvalue weighted by Crippen LogP contribution is -1.93. The maximum Gasteiger partial charge on any atom is 0.149 e. The van der Waals surface area contributed by atoms with Gasteiger partial charge in [0.25, 0.3) is 0 Å². The molecule has 0 atom stereocenters. The van der Waals surface area contributed by atoms with Crippen molar-refractivity contribution in [2.24, 2.45) is 0 Å². The summed E-state index contributed by atoms with van der Waals surface area (Å²) in [6, 6.07) is 2.27. The van der Waals surface area contributed by atoms with Crippen LogP contribution in [0.4, 0.5) is 14.5 Å². The molecule has 0 aliphatic carbocycles. The van der Waals surface area contributed by atoms with Gasteiger partial charge in [0.05, 0.1) is 5.69 Å². The van der Waals surface area contributed by atoms with Gasteiger partial charge >= 0.3 is 0 Å². The molecule has 11 heavy (non-hydrogen) atoms. The Balaban J connectivity index is 2.60. The second-order valence-corrected chi connectivity index (χ2v) is 2.60. The van der Waals surface area contributed by atoms with E-state index in [1.807, 2.05) is 0 Å². The fourth-order valence-electron chi connectivity index (χ4n) is 1.34. The van der Waals surface area contributed by atoms with E-state index < -0.39 is 11.6 Å². The smallest absolute Gasteiger partial charge is 0.149 e. The molecule has 1 aliphatic heterocycles. The molecule has 0 saturated heterocycles. The van der Waals surface area contributed by atoms with Gasteiger partial charge in [-0.05, 0) is 18.1 Å². The number of hydrogen-bond acceptors (Lipinski definition) is 1. The molecule has 1 heterocycles. The Morgan fingerprint density at radius 3 is 2.91 bits per heavy atom. The average Bonchev–Trinajstić information content (AvgIpc) is 2.34. The molecule has 0 aromatic heterocycles. The van der Waals surface area contributed by atoms with Crippen LogP contribution in [0.5, 0.6) is 0 Å². The molecule has 0 saturated carbocycles. The summed E-state index contributed by atoms with van der Waals surface area (Å²) in [5, 5.41) is 2.85. The molecule has 58 valence electrons. The quantitative estimate of drug-likeness (QED) is 0.603. The number of rotatable bonds is 0. The first-order valence-electron chi connectivity index (χ1n) is 3.49. The fourth-order valence-corrected chi connectivity index (χ4v) is 1.34. The standard InChI is InChI=1S/C8H7F2N/c9-6-3-5-1-2-11-8(5)7(10)4-6/h3-4,11H,1-2H2. The average molecular weight is 155 g/mol. The highest BCUT2D eigenvalue weighted by atomic mass is 19.1. The molecule has 2 rings (SSSR count). The summed E-state index contributed by atoms with van der Waals surface area (Å²) in [7, 11) is 0. The van der Waals surface area contributed by atoms with Gasteiger partial charge in [-0.3, -0.25) is 0 Å². The molecule has 1 aromatic rings. The van der Waals surface area contributed by atoms with Crippen molar-refractivity contribution in [1.29, 1.82) is 0 Å². The lowest BCUT2D eigenvalue weighted by atomic mass is 10.1. The van der Waals surface area contributed by atoms with Crippen LogP contribution in [-0.2, 0) is 6.42 Å². The van der Waals surface area contributed by atoms with Gasteiger partial charge in [0.2, 0.25) is 0 Å². The summed E-state index contributed by atoms with van der Waals surface area (Å²) in [5.41, 5.74) is 1.20. The first-order valence-corrected chi connectivity index (χ1v) is 3.49. The zero-order valence-electron chi connectivity index (χ0n) is 5.82. The van der Waals surface area contributed by atoms with E-state index in [0.717, 1.165) is 11.6 Å². The lowest BCUT2D eigenvalue weighted by molar-refractivity contribution is 0.585. The zero-order valence-corrected chi connectivity index (χ0v) is 5.82. The predicted octanol–water partition coefficient (Wildman–Crippen LogP) is 1.93. The third-order valence-electron chi connectivity index (χ3n) is 1.83. The van der Waals surface area contributed by atoms with Crippen LogP contribution < -0.4 is 5.32 Å². The van der Waals surface area contributed by atoms with Crippen LogP contribution in [0.3, 0.4) is 0 Å². The van der Waals surface area contributed by atoms with E-state index in [2.05, 4.69) is 5.32 Å². The predicted molar refractivity (Wildman–Crippen MR) is 38.6 cm³/mol. The molecule has 1 aliphatic rings. The number of fused-ring (bicyclic) bond motifs is 1. The maximum atomic E-state index is 12.8. The summed E-state index contributed by atoms with van der Waals surface area (Å²) in [5.74, 6) is -0.984. The Morgan fingerprint density at radius 1 is 1.27 bits per heavy atom. The van der Waals surface area contributed by atoms with Crippen LogP contribution in [0.25, 0.3) is 0 Å². The van der Waals surface area contributed by atoms with E-state index in [4.69, 9.17) is 0 Å². The fraction of sp³-hybridized carbons (Fsp3) is 0.250. The minimum Gasteiger partial charge on any atom is -0.382 e. The minimum absolute atomic E-state index is 0.464. The van der Waals surface area contributed by atoms with Gasteiger partial charge in [-0.15, -0.1) is 0 Å². The van der Waals surface area contributed by atoms with Crippen LogP contribution in [0.15, 0.2) is 12.1 Å². The summed E-state index contributed by atoms with van der Waals surface area (Å²) in [6.07, 6.45) is 0.712. The van der Waals surface area contributed by atoms with E-state index in [-0.39, 0.29) is 0 Å². The number of benzene rings is 1. The normalized spacial score (nSPS) is 14.4. The van der Waals surface area contributed by atoms with Gasteiger partial charge in [0.15, 0.2) is 0 Å². The first-order chi connectivity index (χ1) is 5.27. The van der Waals surface area contributed by atoms with Crippen molar-refractivity contribution in [3.63, 3.8) is 0 Å². The number of nitrogens with one attached hydrogen (secondary N) is 1. The van der Waals surface area contributed by atoms with Gasteiger partial charge in [-0.1, -0.05) is 0 Å². The van der Waals surface area contributed by atoms with Crippen molar-refractivity contribution in [3.8, 4) is 0 Å². The summed E-state index contributed by atoms with van der Waals surface area (Å²) in [6.45, 7) is 0.704. The van der Waals surface area contributed by atoms with Crippen molar-refractivity contribution >= 4 is 5.69 Å². The molecule has 0 fully saturated rings. The van der Waals surface area contributed by atoms with Crippen LogP contribution in [0.1, 0.15) is 5.56 Å². The highest BCUT2D eigenvalue weighted by molar-refractivity contribution is 5.56. The molecule has 1 nitrogen and oxygen atoms in total. The van der Waals surface area contributed by atoms with Gasteiger partial charge in [-0.25, -0.2) is 8.78 Å². The van der Waals surface area contributed by atoms with E-state index in [0.29, 0.717) is 18.7 Å². The monoisotopic (exact) mass is 155 g/mol. The summed E-state index contributed by atoms with van der Waals surface area (Å²) in [4.78, 5) is 0. The van der Waals surface area contributed by atoms with Crippen molar-refractivity contribution in [2.45, 2.75) is 6.42 Å². The number of halogens is 2. The maximum absolute atomic E-state index is 12.8. The topological polar surface area (TPSA) is 12.0 Å². The Bertz CT molecular complexity index is 296.